The molecule has 1 aliphatic heterocycles. The van der Waals surface area contributed by atoms with Crippen molar-refractivity contribution in [2.75, 3.05) is 59.6 Å². The van der Waals surface area contributed by atoms with Gasteiger partial charge in [-0.15, -0.1) is 11.8 Å². The van der Waals surface area contributed by atoms with Gasteiger partial charge in [0.2, 0.25) is 0 Å². The number of hydrogen-bond acceptors (Lipinski definition) is 4. The molecule has 0 amide bonds. The first-order chi connectivity index (χ1) is 7.45. The highest BCUT2D eigenvalue weighted by Crippen LogP contribution is 2.26. The van der Waals surface area contributed by atoms with Crippen LogP contribution in [0.15, 0.2) is 0 Å². The molecule has 96 valence electrons. The van der Waals surface area contributed by atoms with Gasteiger partial charge in [-0.05, 0) is 34.2 Å². The fourth-order valence-electron chi connectivity index (χ4n) is 1.98. The lowest BCUT2D eigenvalue weighted by atomic mass is 10.2. The number of nitrogens with zero attached hydrogens (tertiary/aromatic N) is 3. The summed E-state index contributed by atoms with van der Waals surface area (Å²) in [5.41, 5.74) is 0. The predicted octanol–water partition coefficient (Wildman–Crippen LogP) is 1.26. The van der Waals surface area contributed by atoms with Gasteiger partial charge < -0.3 is 4.90 Å². The van der Waals surface area contributed by atoms with Crippen molar-refractivity contribution in [1.82, 2.24) is 14.7 Å². The number of hydrogen-bond donors (Lipinski definition) is 0. The zero-order valence-corrected chi connectivity index (χ0v) is 12.3. The maximum atomic E-state index is 2.60. The molecular weight excluding hydrogens is 218 g/mol. The fraction of sp³-hybridized carbons (Fsp3) is 1.00. The summed E-state index contributed by atoms with van der Waals surface area (Å²) in [6, 6.07) is 0. The predicted molar refractivity (Wildman–Crippen MR) is 74.2 cm³/mol. The molecule has 1 rings (SSSR count). The number of likely N-dealkylation sites (N-methyl/N-ethyl adjacent to an activating group) is 1. The van der Waals surface area contributed by atoms with Crippen LogP contribution in [0.5, 0.6) is 0 Å². The Labute approximate surface area is 105 Å². The van der Waals surface area contributed by atoms with Crippen molar-refractivity contribution in [3.63, 3.8) is 0 Å². The fourth-order valence-corrected chi connectivity index (χ4v) is 2.42. The van der Waals surface area contributed by atoms with E-state index in [0.29, 0.717) is 4.87 Å². The van der Waals surface area contributed by atoms with Crippen LogP contribution in [-0.4, -0.2) is 79.2 Å². The second-order valence-electron chi connectivity index (χ2n) is 5.28. The van der Waals surface area contributed by atoms with E-state index in [-0.39, 0.29) is 0 Å². The monoisotopic (exact) mass is 245 g/mol. The maximum absolute atomic E-state index is 2.60. The molecule has 1 saturated heterocycles. The molecule has 0 spiro atoms. The third-order valence-corrected chi connectivity index (χ3v) is 4.75. The summed E-state index contributed by atoms with van der Waals surface area (Å²) in [7, 11) is 4.29. The van der Waals surface area contributed by atoms with Crippen LogP contribution in [0.1, 0.15) is 13.8 Å². The average molecular weight is 245 g/mol. The maximum Gasteiger partial charge on any atom is 0.0611 e. The van der Waals surface area contributed by atoms with Crippen LogP contribution in [0.4, 0.5) is 0 Å². The van der Waals surface area contributed by atoms with E-state index in [4.69, 9.17) is 0 Å². The number of piperazine rings is 1. The Morgan fingerprint density at radius 2 is 1.69 bits per heavy atom. The van der Waals surface area contributed by atoms with E-state index in [1.807, 2.05) is 11.8 Å². The molecule has 0 aromatic heterocycles. The standard InChI is InChI=1S/C12H27N3S/c1-12(2,16-5)15-10-8-14(9-11-15)7-6-13(3)4/h6-11H2,1-5H3. The Hall–Kier alpha value is 0.230. The Morgan fingerprint density at radius 3 is 2.12 bits per heavy atom. The first-order valence-corrected chi connectivity index (χ1v) is 7.35. The normalized spacial score (nSPS) is 20.6. The van der Waals surface area contributed by atoms with Crippen LogP contribution in [0.3, 0.4) is 0 Å². The Morgan fingerprint density at radius 1 is 1.12 bits per heavy atom. The second kappa shape index (κ2) is 6.24. The van der Waals surface area contributed by atoms with Gasteiger partial charge in [-0.1, -0.05) is 0 Å². The molecule has 3 nitrogen and oxygen atoms in total. The van der Waals surface area contributed by atoms with Crippen LogP contribution in [0.25, 0.3) is 0 Å². The van der Waals surface area contributed by atoms with Gasteiger partial charge in [-0.3, -0.25) is 9.80 Å². The van der Waals surface area contributed by atoms with E-state index >= 15 is 0 Å². The van der Waals surface area contributed by atoms with Gasteiger partial charge in [0.15, 0.2) is 0 Å². The molecule has 16 heavy (non-hydrogen) atoms. The van der Waals surface area contributed by atoms with Crippen molar-refractivity contribution in [2.45, 2.75) is 18.7 Å². The third kappa shape index (κ3) is 4.24. The summed E-state index contributed by atoms with van der Waals surface area (Å²) in [5.74, 6) is 0. The van der Waals surface area contributed by atoms with E-state index in [1.165, 1.54) is 39.3 Å². The Kier molecular flexibility index (Phi) is 5.57. The highest BCUT2D eigenvalue weighted by Gasteiger charge is 2.28. The lowest BCUT2D eigenvalue weighted by Gasteiger charge is -2.43. The minimum Gasteiger partial charge on any atom is -0.308 e. The van der Waals surface area contributed by atoms with E-state index in [9.17, 15) is 0 Å². The van der Waals surface area contributed by atoms with Crippen molar-refractivity contribution < 1.29 is 0 Å². The molecule has 4 heteroatoms. The average Bonchev–Trinajstić information content (AvgIpc) is 2.27. The molecular formula is C12H27N3S. The van der Waals surface area contributed by atoms with Crippen LogP contribution in [-0.2, 0) is 0 Å². The van der Waals surface area contributed by atoms with E-state index in [2.05, 4.69) is 48.9 Å². The molecule has 0 saturated carbocycles. The van der Waals surface area contributed by atoms with Gasteiger partial charge in [0, 0.05) is 39.3 Å². The largest absolute Gasteiger partial charge is 0.308 e. The van der Waals surface area contributed by atoms with Gasteiger partial charge in [0.1, 0.15) is 0 Å². The van der Waals surface area contributed by atoms with Crippen LogP contribution >= 0.6 is 11.8 Å². The molecule has 0 aromatic rings. The Balaban J connectivity index is 2.28. The van der Waals surface area contributed by atoms with Crippen molar-refractivity contribution in [3.8, 4) is 0 Å². The van der Waals surface area contributed by atoms with Crippen molar-refractivity contribution in [2.24, 2.45) is 0 Å². The summed E-state index contributed by atoms with van der Waals surface area (Å²) in [6.07, 6.45) is 2.21. The van der Waals surface area contributed by atoms with Crippen molar-refractivity contribution in [1.29, 1.82) is 0 Å². The smallest absolute Gasteiger partial charge is 0.0611 e. The van der Waals surface area contributed by atoms with Gasteiger partial charge in [-0.25, -0.2) is 0 Å². The number of rotatable bonds is 5. The molecule has 0 aliphatic carbocycles. The quantitative estimate of drug-likeness (QED) is 0.721. The Bertz CT molecular complexity index is 198. The van der Waals surface area contributed by atoms with E-state index in [0.717, 1.165) is 0 Å². The molecule has 0 atom stereocenters. The lowest BCUT2D eigenvalue weighted by molar-refractivity contribution is 0.0912. The number of thioether (sulfide) groups is 1. The summed E-state index contributed by atoms with van der Waals surface area (Å²) in [4.78, 5) is 7.74. The minimum atomic E-state index is 0.299. The van der Waals surface area contributed by atoms with E-state index < -0.39 is 0 Å². The van der Waals surface area contributed by atoms with Crippen molar-refractivity contribution >= 4 is 11.8 Å². The second-order valence-corrected chi connectivity index (χ2v) is 6.69. The van der Waals surface area contributed by atoms with Crippen molar-refractivity contribution in [3.05, 3.63) is 0 Å². The van der Waals surface area contributed by atoms with Crippen LogP contribution < -0.4 is 0 Å². The molecule has 0 radical (unpaired) electrons. The third-order valence-electron chi connectivity index (χ3n) is 3.50. The molecule has 1 aliphatic rings. The summed E-state index contributed by atoms with van der Waals surface area (Å²) >= 11 is 1.95. The minimum absolute atomic E-state index is 0.299. The zero-order chi connectivity index (χ0) is 12.2. The topological polar surface area (TPSA) is 9.72 Å². The molecule has 1 fully saturated rings. The molecule has 0 aromatic carbocycles. The van der Waals surface area contributed by atoms with Gasteiger partial charge in [0.05, 0.1) is 4.87 Å². The summed E-state index contributed by atoms with van der Waals surface area (Å²) in [6.45, 7) is 11.9. The van der Waals surface area contributed by atoms with Gasteiger partial charge in [0.25, 0.3) is 0 Å². The molecule has 0 N–H and O–H groups in total. The molecule has 1 heterocycles. The SMILES string of the molecule is CSC(C)(C)N1CCN(CCN(C)C)CC1. The van der Waals surface area contributed by atoms with Gasteiger partial charge >= 0.3 is 0 Å². The molecule has 0 unspecified atom stereocenters. The summed E-state index contributed by atoms with van der Waals surface area (Å²) < 4.78 is 0. The van der Waals surface area contributed by atoms with E-state index in [1.54, 1.807) is 0 Å². The molecule has 0 bridgehead atoms. The first kappa shape index (κ1) is 14.3. The first-order valence-electron chi connectivity index (χ1n) is 6.13. The van der Waals surface area contributed by atoms with Crippen LogP contribution in [0.2, 0.25) is 0 Å². The zero-order valence-electron chi connectivity index (χ0n) is 11.5. The lowest BCUT2D eigenvalue weighted by Crippen LogP contribution is -2.53. The van der Waals surface area contributed by atoms with Gasteiger partial charge in [-0.2, -0.15) is 0 Å². The summed E-state index contributed by atoms with van der Waals surface area (Å²) in [5, 5.41) is 0. The van der Waals surface area contributed by atoms with Crippen LogP contribution in [0, 0.1) is 0 Å². The highest BCUT2D eigenvalue weighted by atomic mass is 32.2. The highest BCUT2D eigenvalue weighted by molar-refractivity contribution is 7.99.